The number of amides is 3. The molecule has 2 aromatic rings. The summed E-state index contributed by atoms with van der Waals surface area (Å²) in [4.78, 5) is 48.3. The van der Waals surface area contributed by atoms with E-state index in [1.165, 1.54) is 11.3 Å². The van der Waals surface area contributed by atoms with Crippen molar-refractivity contribution >= 4 is 40.6 Å². The van der Waals surface area contributed by atoms with E-state index in [1.807, 2.05) is 6.92 Å². The Morgan fingerprint density at radius 1 is 1.17 bits per heavy atom. The zero-order valence-corrected chi connectivity index (χ0v) is 20.9. The van der Waals surface area contributed by atoms with Gasteiger partial charge in [-0.3, -0.25) is 14.4 Å². The van der Waals surface area contributed by atoms with Gasteiger partial charge in [0.1, 0.15) is 16.7 Å². The third kappa shape index (κ3) is 4.69. The van der Waals surface area contributed by atoms with Gasteiger partial charge in [0, 0.05) is 31.0 Å². The van der Waals surface area contributed by atoms with Crippen molar-refractivity contribution in [2.75, 3.05) is 23.8 Å². The highest BCUT2D eigenvalue weighted by molar-refractivity contribution is 7.13. The lowest BCUT2D eigenvalue weighted by atomic mass is 9.76. The van der Waals surface area contributed by atoms with E-state index in [2.05, 4.69) is 32.8 Å². The minimum Gasteiger partial charge on any atom is -0.381 e. The number of anilines is 2. The number of thiazole rings is 1. The molecule has 186 valence electrons. The summed E-state index contributed by atoms with van der Waals surface area (Å²) in [5.41, 5.74) is 0.926. The van der Waals surface area contributed by atoms with E-state index < -0.39 is 11.5 Å². The maximum Gasteiger partial charge on any atom is 0.263 e. The van der Waals surface area contributed by atoms with Crippen LogP contribution in [0.15, 0.2) is 18.5 Å². The molecule has 0 bridgehead atoms. The SMILES string of the molecule is Cc1ncc(C(=O)NC(C(=O)Nc2cc3c(cn2)C2(CCOCC2)C(=O)N3)C2CCC(C)CC2)s1. The Kier molecular flexibility index (Phi) is 6.59. The van der Waals surface area contributed by atoms with Crippen LogP contribution in [0.4, 0.5) is 11.5 Å². The Morgan fingerprint density at radius 2 is 1.91 bits per heavy atom. The minimum atomic E-state index is -0.677. The Balaban J connectivity index is 1.34. The molecule has 3 N–H and O–H groups in total. The van der Waals surface area contributed by atoms with Gasteiger partial charge in [-0.1, -0.05) is 19.8 Å². The van der Waals surface area contributed by atoms with Crippen molar-refractivity contribution in [1.82, 2.24) is 15.3 Å². The van der Waals surface area contributed by atoms with E-state index in [-0.39, 0.29) is 23.6 Å². The quantitative estimate of drug-likeness (QED) is 0.582. The number of aryl methyl sites for hydroxylation is 1. The van der Waals surface area contributed by atoms with Gasteiger partial charge in [-0.05, 0) is 44.4 Å². The first kappa shape index (κ1) is 23.9. The number of nitrogens with zero attached hydrogens (tertiary/aromatic N) is 2. The summed E-state index contributed by atoms with van der Waals surface area (Å²) < 4.78 is 5.46. The Labute approximate surface area is 208 Å². The largest absolute Gasteiger partial charge is 0.381 e. The fourth-order valence-electron chi connectivity index (χ4n) is 5.49. The summed E-state index contributed by atoms with van der Waals surface area (Å²) in [5.74, 6) is 0.400. The molecule has 5 rings (SSSR count). The first-order valence-corrected chi connectivity index (χ1v) is 13.1. The first-order chi connectivity index (χ1) is 16.9. The van der Waals surface area contributed by atoms with E-state index in [4.69, 9.17) is 4.74 Å². The van der Waals surface area contributed by atoms with Crippen LogP contribution in [0, 0.1) is 18.8 Å². The van der Waals surface area contributed by atoms with E-state index in [9.17, 15) is 14.4 Å². The van der Waals surface area contributed by atoms with Gasteiger partial charge in [0.15, 0.2) is 0 Å². The van der Waals surface area contributed by atoms with Crippen molar-refractivity contribution in [1.29, 1.82) is 0 Å². The average Bonchev–Trinajstić information content (AvgIpc) is 3.39. The molecule has 4 heterocycles. The monoisotopic (exact) mass is 497 g/mol. The number of rotatable bonds is 5. The van der Waals surface area contributed by atoms with E-state index >= 15 is 0 Å². The summed E-state index contributed by atoms with van der Waals surface area (Å²) in [6.07, 6.45) is 8.26. The second kappa shape index (κ2) is 9.66. The van der Waals surface area contributed by atoms with Gasteiger partial charge < -0.3 is 20.7 Å². The highest BCUT2D eigenvalue weighted by Crippen LogP contribution is 2.44. The normalized spacial score (nSPS) is 23.9. The van der Waals surface area contributed by atoms with Crippen LogP contribution >= 0.6 is 11.3 Å². The highest BCUT2D eigenvalue weighted by atomic mass is 32.1. The van der Waals surface area contributed by atoms with Crippen molar-refractivity contribution < 1.29 is 19.1 Å². The van der Waals surface area contributed by atoms with Crippen molar-refractivity contribution in [3.05, 3.63) is 33.9 Å². The van der Waals surface area contributed by atoms with Gasteiger partial charge in [0.2, 0.25) is 11.8 Å². The van der Waals surface area contributed by atoms with Crippen LogP contribution in [0.2, 0.25) is 0 Å². The lowest BCUT2D eigenvalue weighted by molar-refractivity contribution is -0.124. The number of ether oxygens (including phenoxy) is 1. The Hall–Kier alpha value is -2.85. The van der Waals surface area contributed by atoms with Crippen LogP contribution in [0.3, 0.4) is 0 Å². The van der Waals surface area contributed by atoms with E-state index in [0.29, 0.717) is 48.4 Å². The first-order valence-electron chi connectivity index (χ1n) is 12.3. The molecule has 1 saturated carbocycles. The average molecular weight is 498 g/mol. The summed E-state index contributed by atoms with van der Waals surface area (Å²) in [6, 6.07) is 1.04. The van der Waals surface area contributed by atoms with E-state index in [1.54, 1.807) is 18.5 Å². The smallest absolute Gasteiger partial charge is 0.263 e. The molecular formula is C25H31N5O4S. The number of carbonyl (C=O) groups excluding carboxylic acids is 3. The summed E-state index contributed by atoms with van der Waals surface area (Å²) in [5, 5.41) is 9.62. The fourth-order valence-corrected chi connectivity index (χ4v) is 6.17. The molecule has 2 aromatic heterocycles. The molecule has 0 aromatic carbocycles. The molecule has 3 aliphatic rings. The second-order valence-corrected chi connectivity index (χ2v) is 11.2. The van der Waals surface area contributed by atoms with Crippen LogP contribution in [0.25, 0.3) is 0 Å². The molecule has 2 fully saturated rings. The molecular weight excluding hydrogens is 466 g/mol. The van der Waals surface area contributed by atoms with Crippen molar-refractivity contribution in [2.24, 2.45) is 11.8 Å². The van der Waals surface area contributed by atoms with Crippen LogP contribution in [0.1, 0.15) is 65.7 Å². The van der Waals surface area contributed by atoms with Crippen molar-refractivity contribution in [2.45, 2.75) is 63.8 Å². The molecule has 1 aliphatic carbocycles. The summed E-state index contributed by atoms with van der Waals surface area (Å²) >= 11 is 1.31. The maximum absolute atomic E-state index is 13.4. The zero-order valence-electron chi connectivity index (χ0n) is 20.1. The standard InChI is InChI=1S/C25H31N5O4S/c1-14-3-5-16(6-4-14)21(30-22(31)19-13-26-15(2)35-19)23(32)29-20-11-18-17(12-27-20)25(24(33)28-18)7-9-34-10-8-25/h11-14,16,21H,3-10H2,1-2H3,(H,28,33)(H,30,31)(H,27,29,32). The molecule has 2 aliphatic heterocycles. The van der Waals surface area contributed by atoms with Gasteiger partial charge in [-0.15, -0.1) is 11.3 Å². The molecule has 1 atom stereocenters. The minimum absolute atomic E-state index is 0.0395. The number of fused-ring (bicyclic) bond motifs is 2. The van der Waals surface area contributed by atoms with Crippen LogP contribution in [-0.4, -0.2) is 46.9 Å². The van der Waals surface area contributed by atoms with Crippen LogP contribution < -0.4 is 16.0 Å². The Morgan fingerprint density at radius 3 is 2.60 bits per heavy atom. The third-order valence-electron chi connectivity index (χ3n) is 7.65. The predicted octanol–water partition coefficient (Wildman–Crippen LogP) is 3.41. The predicted molar refractivity (Wildman–Crippen MR) is 132 cm³/mol. The Bertz CT molecular complexity index is 1130. The molecule has 1 spiro atoms. The molecule has 10 heteroatoms. The van der Waals surface area contributed by atoms with E-state index in [0.717, 1.165) is 36.3 Å². The topological polar surface area (TPSA) is 122 Å². The van der Waals surface area contributed by atoms with Gasteiger partial charge in [-0.25, -0.2) is 9.97 Å². The van der Waals surface area contributed by atoms with Gasteiger partial charge >= 0.3 is 0 Å². The van der Waals surface area contributed by atoms with Gasteiger partial charge in [0.05, 0.1) is 22.3 Å². The van der Waals surface area contributed by atoms with Crippen molar-refractivity contribution in [3.63, 3.8) is 0 Å². The molecule has 9 nitrogen and oxygen atoms in total. The molecule has 1 unspecified atom stereocenters. The van der Waals surface area contributed by atoms with Crippen molar-refractivity contribution in [3.8, 4) is 0 Å². The number of carbonyl (C=O) groups is 3. The number of hydrogen-bond acceptors (Lipinski definition) is 7. The summed E-state index contributed by atoms with van der Waals surface area (Å²) in [6.45, 7) is 5.13. The molecule has 1 saturated heterocycles. The number of pyridine rings is 1. The van der Waals surface area contributed by atoms with Gasteiger partial charge in [-0.2, -0.15) is 0 Å². The maximum atomic E-state index is 13.4. The van der Waals surface area contributed by atoms with Crippen LogP contribution in [0.5, 0.6) is 0 Å². The number of aromatic nitrogens is 2. The third-order valence-corrected chi connectivity index (χ3v) is 8.56. The number of nitrogens with one attached hydrogen (secondary N) is 3. The van der Waals surface area contributed by atoms with Gasteiger partial charge in [0.25, 0.3) is 5.91 Å². The lowest BCUT2D eigenvalue weighted by Gasteiger charge is -2.32. The fraction of sp³-hybridized carbons (Fsp3) is 0.560. The lowest BCUT2D eigenvalue weighted by Crippen LogP contribution is -2.49. The highest BCUT2D eigenvalue weighted by Gasteiger charge is 2.48. The summed E-state index contributed by atoms with van der Waals surface area (Å²) in [7, 11) is 0. The zero-order chi connectivity index (χ0) is 24.6. The second-order valence-electron chi connectivity index (χ2n) is 9.97. The molecule has 3 amide bonds. The molecule has 0 radical (unpaired) electrons. The molecule has 35 heavy (non-hydrogen) atoms. The van der Waals surface area contributed by atoms with Crippen LogP contribution in [-0.2, 0) is 19.7 Å². The number of hydrogen-bond donors (Lipinski definition) is 3.